The summed E-state index contributed by atoms with van der Waals surface area (Å²) in [4.78, 5) is 0. The van der Waals surface area contributed by atoms with Crippen molar-refractivity contribution in [1.29, 1.82) is 0 Å². The average molecular weight is 290 g/mol. The van der Waals surface area contributed by atoms with Crippen LogP contribution in [0.2, 0.25) is 0 Å². The van der Waals surface area contributed by atoms with Crippen molar-refractivity contribution < 1.29 is 22.7 Å². The number of aliphatic hydroxyl groups is 1. The van der Waals surface area contributed by atoms with Gasteiger partial charge in [0.2, 0.25) is 5.88 Å². The number of nitrogens with one attached hydrogen (secondary N) is 2. The Bertz CT molecular complexity index is 552. The van der Waals surface area contributed by atoms with E-state index in [0.717, 1.165) is 0 Å². The van der Waals surface area contributed by atoms with Crippen LogP contribution in [0.5, 0.6) is 0 Å². The summed E-state index contributed by atoms with van der Waals surface area (Å²) in [6.45, 7) is 3.75. The predicted molar refractivity (Wildman–Crippen MR) is 68.4 cm³/mol. The van der Waals surface area contributed by atoms with E-state index < -0.39 is 23.8 Å². The fourth-order valence-electron chi connectivity index (χ4n) is 2.12. The van der Waals surface area contributed by atoms with Crippen LogP contribution in [0.4, 0.5) is 28.9 Å². The van der Waals surface area contributed by atoms with Gasteiger partial charge >= 0.3 is 6.18 Å². The minimum absolute atomic E-state index is 0.0388. The molecular formula is C13H14F4N2O. The van der Waals surface area contributed by atoms with E-state index in [0.29, 0.717) is 5.69 Å². The molecule has 1 aromatic rings. The van der Waals surface area contributed by atoms with Gasteiger partial charge in [-0.15, -0.1) is 0 Å². The summed E-state index contributed by atoms with van der Waals surface area (Å²) < 4.78 is 52.3. The number of hydrogen-bond donors (Lipinski definition) is 3. The number of rotatable bonds is 2. The van der Waals surface area contributed by atoms with Crippen LogP contribution in [0.1, 0.15) is 25.3 Å². The molecule has 0 bridgehead atoms. The smallest absolute Gasteiger partial charge is 0.402 e. The lowest BCUT2D eigenvalue weighted by Gasteiger charge is -2.27. The molecule has 0 amide bonds. The maximum absolute atomic E-state index is 13.6. The SMILES string of the molecule is CC(C)Nc1ccc2c(c1)NC(O)=C(F)C2C(F)(F)F. The second kappa shape index (κ2) is 4.88. The Morgan fingerprint density at radius 2 is 1.95 bits per heavy atom. The second-order valence-electron chi connectivity index (χ2n) is 4.90. The number of halogens is 4. The number of benzene rings is 1. The van der Waals surface area contributed by atoms with Crippen LogP contribution in [-0.4, -0.2) is 17.3 Å². The summed E-state index contributed by atoms with van der Waals surface area (Å²) in [6, 6.07) is 4.17. The molecule has 0 aliphatic carbocycles. The molecule has 1 aromatic carbocycles. The third-order valence-electron chi connectivity index (χ3n) is 2.88. The van der Waals surface area contributed by atoms with E-state index in [1.165, 1.54) is 18.2 Å². The third-order valence-corrected chi connectivity index (χ3v) is 2.88. The highest BCUT2D eigenvalue weighted by Crippen LogP contribution is 2.47. The van der Waals surface area contributed by atoms with Crippen LogP contribution < -0.4 is 10.6 Å². The van der Waals surface area contributed by atoms with Crippen molar-refractivity contribution in [3.05, 3.63) is 35.5 Å². The van der Waals surface area contributed by atoms with E-state index in [2.05, 4.69) is 10.6 Å². The van der Waals surface area contributed by atoms with Gasteiger partial charge in [0.1, 0.15) is 5.92 Å². The van der Waals surface area contributed by atoms with Gasteiger partial charge in [-0.25, -0.2) is 4.39 Å². The van der Waals surface area contributed by atoms with Gasteiger partial charge in [0.15, 0.2) is 5.83 Å². The molecule has 0 radical (unpaired) electrons. The number of aliphatic hydroxyl groups excluding tert-OH is 1. The van der Waals surface area contributed by atoms with Gasteiger partial charge in [-0.3, -0.25) is 0 Å². The number of alkyl halides is 3. The average Bonchev–Trinajstić information content (AvgIpc) is 2.28. The molecule has 0 saturated heterocycles. The first-order valence-corrected chi connectivity index (χ1v) is 6.03. The summed E-state index contributed by atoms with van der Waals surface area (Å²) in [5.74, 6) is -5.15. The quantitative estimate of drug-likeness (QED) is 0.712. The molecule has 1 aliphatic rings. The zero-order valence-electron chi connectivity index (χ0n) is 10.8. The second-order valence-corrected chi connectivity index (χ2v) is 4.90. The standard InChI is InChI=1S/C13H14F4N2O/c1-6(2)18-7-3-4-8-9(5-7)19-12(20)11(14)10(8)13(15,16)17/h3-6,10,18-20H,1-2H3. The van der Waals surface area contributed by atoms with Crippen molar-refractivity contribution in [1.82, 2.24) is 0 Å². The maximum Gasteiger partial charge on any atom is 0.402 e. The Labute approximate surface area is 113 Å². The van der Waals surface area contributed by atoms with Crippen molar-refractivity contribution in [2.24, 2.45) is 0 Å². The largest absolute Gasteiger partial charge is 0.493 e. The van der Waals surface area contributed by atoms with Gasteiger partial charge in [0.25, 0.3) is 0 Å². The summed E-state index contributed by atoms with van der Waals surface area (Å²) in [5.41, 5.74) is 0.376. The van der Waals surface area contributed by atoms with E-state index in [9.17, 15) is 22.7 Å². The minimum atomic E-state index is -4.80. The highest BCUT2D eigenvalue weighted by molar-refractivity contribution is 5.67. The fraction of sp³-hybridized carbons (Fsp3) is 0.385. The Balaban J connectivity index is 2.47. The third kappa shape index (κ3) is 2.66. The van der Waals surface area contributed by atoms with Gasteiger partial charge in [0.05, 0.1) is 0 Å². The van der Waals surface area contributed by atoms with Gasteiger partial charge < -0.3 is 15.7 Å². The Kier molecular flexibility index (Phi) is 3.54. The molecule has 110 valence electrons. The molecule has 1 aliphatic heterocycles. The zero-order valence-corrected chi connectivity index (χ0v) is 10.8. The Morgan fingerprint density at radius 1 is 1.30 bits per heavy atom. The molecule has 7 heteroatoms. The fourth-order valence-corrected chi connectivity index (χ4v) is 2.12. The first-order chi connectivity index (χ1) is 9.20. The monoisotopic (exact) mass is 290 g/mol. The molecule has 2 rings (SSSR count). The van der Waals surface area contributed by atoms with Crippen molar-refractivity contribution >= 4 is 11.4 Å². The number of fused-ring (bicyclic) bond motifs is 1. The summed E-state index contributed by atoms with van der Waals surface area (Å²) in [7, 11) is 0. The zero-order chi connectivity index (χ0) is 15.1. The van der Waals surface area contributed by atoms with E-state index in [-0.39, 0.29) is 17.3 Å². The van der Waals surface area contributed by atoms with Gasteiger partial charge in [-0.2, -0.15) is 13.2 Å². The highest BCUT2D eigenvalue weighted by atomic mass is 19.4. The minimum Gasteiger partial charge on any atom is -0.493 e. The number of anilines is 2. The topological polar surface area (TPSA) is 44.3 Å². The van der Waals surface area contributed by atoms with Crippen molar-refractivity contribution in [3.63, 3.8) is 0 Å². The molecule has 0 saturated carbocycles. The lowest BCUT2D eigenvalue weighted by atomic mass is 9.92. The van der Waals surface area contributed by atoms with Crippen LogP contribution in [0.3, 0.4) is 0 Å². The lowest BCUT2D eigenvalue weighted by Crippen LogP contribution is -2.27. The molecule has 0 aromatic heterocycles. The van der Waals surface area contributed by atoms with E-state index >= 15 is 0 Å². The molecule has 3 nitrogen and oxygen atoms in total. The summed E-state index contributed by atoms with van der Waals surface area (Å²) in [5, 5.41) is 14.6. The predicted octanol–water partition coefficient (Wildman–Crippen LogP) is 4.27. The van der Waals surface area contributed by atoms with E-state index in [1.54, 1.807) is 0 Å². The van der Waals surface area contributed by atoms with Gasteiger partial charge in [-0.05, 0) is 31.5 Å². The van der Waals surface area contributed by atoms with Crippen LogP contribution in [0.25, 0.3) is 0 Å². The van der Waals surface area contributed by atoms with Crippen molar-refractivity contribution in [2.75, 3.05) is 10.6 Å². The molecule has 1 atom stereocenters. The normalized spacial score (nSPS) is 18.9. The molecule has 0 fully saturated rings. The van der Waals surface area contributed by atoms with E-state index in [4.69, 9.17) is 0 Å². The van der Waals surface area contributed by atoms with Gasteiger partial charge in [-0.1, -0.05) is 6.07 Å². The summed E-state index contributed by atoms with van der Waals surface area (Å²) in [6.07, 6.45) is -4.80. The Morgan fingerprint density at radius 3 is 2.50 bits per heavy atom. The number of hydrogen-bond acceptors (Lipinski definition) is 3. The molecule has 0 spiro atoms. The van der Waals surface area contributed by atoms with Crippen molar-refractivity contribution in [2.45, 2.75) is 32.0 Å². The van der Waals surface area contributed by atoms with Crippen LogP contribution in [0, 0.1) is 0 Å². The van der Waals surface area contributed by atoms with Crippen molar-refractivity contribution in [3.8, 4) is 0 Å². The van der Waals surface area contributed by atoms with E-state index in [1.807, 2.05) is 13.8 Å². The van der Waals surface area contributed by atoms with Crippen LogP contribution >= 0.6 is 0 Å². The van der Waals surface area contributed by atoms with Crippen LogP contribution in [0.15, 0.2) is 29.9 Å². The molecule has 3 N–H and O–H groups in total. The molecule has 20 heavy (non-hydrogen) atoms. The first kappa shape index (κ1) is 14.5. The number of allylic oxidation sites excluding steroid dienone is 1. The summed E-state index contributed by atoms with van der Waals surface area (Å²) >= 11 is 0. The molecular weight excluding hydrogens is 276 g/mol. The first-order valence-electron chi connectivity index (χ1n) is 6.03. The van der Waals surface area contributed by atoms with Gasteiger partial charge in [0, 0.05) is 17.4 Å². The lowest BCUT2D eigenvalue weighted by molar-refractivity contribution is -0.146. The Hall–Kier alpha value is -1.92. The van der Waals surface area contributed by atoms with Crippen LogP contribution in [-0.2, 0) is 0 Å². The highest BCUT2D eigenvalue weighted by Gasteiger charge is 2.48. The molecule has 1 heterocycles. The molecule has 1 unspecified atom stereocenters. The maximum atomic E-state index is 13.6.